The van der Waals surface area contributed by atoms with Crippen LogP contribution in [0.4, 0.5) is 0 Å². The van der Waals surface area contributed by atoms with Gasteiger partial charge in [0.05, 0.1) is 0 Å². The first-order valence-electron chi connectivity index (χ1n) is 11.5. The summed E-state index contributed by atoms with van der Waals surface area (Å²) in [5.41, 5.74) is 0. The van der Waals surface area contributed by atoms with E-state index in [4.69, 9.17) is 4.74 Å². The van der Waals surface area contributed by atoms with Gasteiger partial charge in [0.2, 0.25) is 0 Å². The lowest BCUT2D eigenvalue weighted by molar-refractivity contribution is -0.145. The van der Waals surface area contributed by atoms with Gasteiger partial charge in [0, 0.05) is 9.99 Å². The number of unbranched alkanes of at least 4 members (excludes halogenated alkanes) is 3. The first-order valence-corrected chi connectivity index (χ1v) is 13.6. The van der Waals surface area contributed by atoms with Gasteiger partial charge in [-0.25, -0.2) is 4.79 Å². The highest BCUT2D eigenvalue weighted by Gasteiger charge is 2.27. The van der Waals surface area contributed by atoms with Crippen molar-refractivity contribution >= 4 is 36.0 Å². The van der Waals surface area contributed by atoms with Gasteiger partial charge in [0.1, 0.15) is 9.61 Å². The Balaban J connectivity index is 2.81. The summed E-state index contributed by atoms with van der Waals surface area (Å²) >= 11 is -0.875. The van der Waals surface area contributed by atoms with E-state index in [1.807, 2.05) is 76.3 Å². The Labute approximate surface area is 199 Å². The maximum absolute atomic E-state index is 13.0. The van der Waals surface area contributed by atoms with Crippen LogP contribution in [0, 0.1) is 15.4 Å². The van der Waals surface area contributed by atoms with Gasteiger partial charge in [-0.3, -0.25) is 4.79 Å². The fourth-order valence-corrected chi connectivity index (χ4v) is 5.51. The van der Waals surface area contributed by atoms with Gasteiger partial charge in [-0.15, -0.1) is 0 Å². The van der Waals surface area contributed by atoms with Crippen molar-refractivity contribution in [2.24, 2.45) is 11.8 Å². The molecule has 31 heavy (non-hydrogen) atoms. The first-order chi connectivity index (χ1) is 14.9. The summed E-state index contributed by atoms with van der Waals surface area (Å²) in [4.78, 5) is 25.9. The van der Waals surface area contributed by atoms with Crippen LogP contribution in [0.1, 0.15) is 73.1 Å². The van der Waals surface area contributed by atoms with Crippen LogP contribution in [0.5, 0.6) is 0 Å². The highest BCUT2D eigenvalue weighted by Crippen LogP contribution is 2.20. The molecule has 1 rings (SSSR count). The number of ketones is 1. The van der Waals surface area contributed by atoms with Crippen molar-refractivity contribution in [3.8, 4) is 0 Å². The van der Waals surface area contributed by atoms with Gasteiger partial charge in [0.15, 0.2) is 5.78 Å². The Morgan fingerprint density at radius 2 is 1.55 bits per heavy atom. The smallest absolute Gasteiger partial charge is 0.347 e. The normalized spacial score (nSPS) is 12.8. The van der Waals surface area contributed by atoms with Crippen LogP contribution in [0.15, 0.2) is 54.6 Å². The molecule has 0 unspecified atom stereocenters. The topological polar surface area (TPSA) is 43.4 Å². The van der Waals surface area contributed by atoms with E-state index in [1.54, 1.807) is 0 Å². The number of esters is 1. The van der Waals surface area contributed by atoms with E-state index >= 15 is 0 Å². The molecule has 0 aliphatic rings. The van der Waals surface area contributed by atoms with Crippen LogP contribution in [0.25, 0.3) is 0 Å². The zero-order valence-electron chi connectivity index (χ0n) is 19.8. The Morgan fingerprint density at radius 1 is 0.935 bits per heavy atom. The quantitative estimate of drug-likeness (QED) is 0.0823. The Kier molecular flexibility index (Phi) is 14.3. The van der Waals surface area contributed by atoms with E-state index in [0.717, 1.165) is 9.99 Å². The molecule has 1 aromatic rings. The van der Waals surface area contributed by atoms with Gasteiger partial charge < -0.3 is 4.74 Å². The molecule has 0 heterocycles. The van der Waals surface area contributed by atoms with E-state index in [0.29, 0.717) is 16.4 Å². The third-order valence-corrected chi connectivity index (χ3v) is 7.74. The molecule has 4 heteroatoms. The lowest BCUT2D eigenvalue weighted by Gasteiger charge is -2.25. The van der Waals surface area contributed by atoms with Gasteiger partial charge in [-0.2, -0.15) is 0 Å². The highest BCUT2D eigenvalue weighted by atomic mass is 127. The van der Waals surface area contributed by atoms with Crippen molar-refractivity contribution in [2.75, 3.05) is 0 Å². The molecular weight excluding hydrogens is 499 g/mol. The van der Waals surface area contributed by atoms with Crippen molar-refractivity contribution in [1.29, 1.82) is 0 Å². The van der Waals surface area contributed by atoms with Crippen LogP contribution < -0.4 is 0 Å². The van der Waals surface area contributed by atoms with E-state index < -0.39 is 26.7 Å². The lowest BCUT2D eigenvalue weighted by Crippen LogP contribution is -2.34. The second-order valence-corrected chi connectivity index (χ2v) is 11.2. The number of ether oxygens (including phenoxy) is 1. The summed E-state index contributed by atoms with van der Waals surface area (Å²) in [6, 6.07) is 9.81. The largest absolute Gasteiger partial charge is 0.458 e. The molecule has 0 saturated heterocycles. The predicted octanol–water partition coefficient (Wildman–Crippen LogP) is 7.27. The number of hydrogen-bond acceptors (Lipinski definition) is 3. The molecule has 0 fully saturated rings. The molecule has 0 bridgehead atoms. The maximum Gasteiger partial charge on any atom is 0.347 e. The Morgan fingerprint density at radius 3 is 2.13 bits per heavy atom. The van der Waals surface area contributed by atoms with Gasteiger partial charge in [-0.1, -0.05) is 111 Å². The fraction of sp³-hybridized carbons (Fsp3) is 0.519. The number of halogens is 1. The third kappa shape index (κ3) is 11.6. The first kappa shape index (κ1) is 27.5. The number of carbonyl (C=O) groups excluding carboxylic acids is 2. The lowest BCUT2D eigenvalue weighted by atomic mass is 9.96. The van der Waals surface area contributed by atoms with E-state index in [1.165, 1.54) is 19.3 Å². The van der Waals surface area contributed by atoms with Crippen LogP contribution >= 0.6 is 20.7 Å². The molecule has 0 saturated carbocycles. The minimum Gasteiger partial charge on any atom is -0.458 e. The average molecular weight is 539 g/mol. The zero-order valence-corrected chi connectivity index (χ0v) is 21.9. The molecule has 0 spiro atoms. The van der Waals surface area contributed by atoms with Crippen molar-refractivity contribution < 1.29 is 14.3 Å². The van der Waals surface area contributed by atoms with Crippen LogP contribution in [-0.2, 0) is 14.3 Å². The Hall–Kier alpha value is -1.56. The number of benzene rings is 1. The summed E-state index contributed by atoms with van der Waals surface area (Å²) in [5.74, 6) is -0.0807. The van der Waals surface area contributed by atoms with Crippen LogP contribution in [0.3, 0.4) is 0 Å². The average Bonchev–Trinajstić information content (AvgIpc) is 2.74. The van der Waals surface area contributed by atoms with Gasteiger partial charge in [-0.05, 0) is 43.2 Å². The Bertz CT molecular complexity index is 737. The number of carbonyl (C=O) groups is 2. The summed E-state index contributed by atoms with van der Waals surface area (Å²) < 4.78 is 7.24. The SMILES string of the molecule is CCCCC/C=C/C=C/CCC(=O)C(=Ic1ccccc1)C(=O)OC(C(C)C)C(C)C. The number of allylic oxidation sites excluding steroid dienone is 4. The standard InChI is InChI=1S/C27H39IO3/c1-6-7-8-9-10-11-12-13-17-20-24(29)25(28-23-18-15-14-16-19-23)27(30)31-26(21(2)3)22(4)5/h10-16,18-19,21-22,26H,6-9,17,20H2,1-5H3/b11-10+,13-12+. The second-order valence-electron chi connectivity index (χ2n) is 8.38. The third-order valence-electron chi connectivity index (χ3n) is 4.81. The molecule has 0 radical (unpaired) electrons. The number of Topliss-reactive ketones (excluding diaryl/α,β-unsaturated/α-hetero) is 1. The minimum absolute atomic E-state index is 0.0792. The summed E-state index contributed by atoms with van der Waals surface area (Å²) in [6.45, 7) is 10.4. The van der Waals surface area contributed by atoms with Crippen LogP contribution in [0.2, 0.25) is 0 Å². The molecule has 0 amide bonds. The molecule has 0 aromatic heterocycles. The fourth-order valence-electron chi connectivity index (χ4n) is 3.20. The molecular formula is C27H39IO3. The van der Waals surface area contributed by atoms with E-state index in [2.05, 4.69) is 13.0 Å². The van der Waals surface area contributed by atoms with Crippen molar-refractivity contribution in [2.45, 2.75) is 79.2 Å². The van der Waals surface area contributed by atoms with E-state index in [-0.39, 0.29) is 23.7 Å². The molecule has 1 aromatic carbocycles. The molecule has 0 aliphatic carbocycles. The summed E-state index contributed by atoms with van der Waals surface area (Å²) in [5, 5.41) is 0. The highest BCUT2D eigenvalue weighted by molar-refractivity contribution is 14.2. The molecule has 3 nitrogen and oxygen atoms in total. The maximum atomic E-state index is 13.0. The number of rotatable bonds is 14. The predicted molar refractivity (Wildman–Crippen MR) is 140 cm³/mol. The van der Waals surface area contributed by atoms with Crippen molar-refractivity contribution in [3.63, 3.8) is 0 Å². The molecule has 0 aliphatic heterocycles. The van der Waals surface area contributed by atoms with Gasteiger partial charge in [0.25, 0.3) is 0 Å². The second kappa shape index (κ2) is 16.1. The minimum atomic E-state index is -0.875. The summed E-state index contributed by atoms with van der Waals surface area (Å²) in [6.07, 6.45) is 13.8. The zero-order chi connectivity index (χ0) is 23.1. The monoisotopic (exact) mass is 538 g/mol. The van der Waals surface area contributed by atoms with E-state index in [9.17, 15) is 9.59 Å². The van der Waals surface area contributed by atoms with Gasteiger partial charge >= 0.3 is 5.97 Å². The molecule has 0 N–H and O–H groups in total. The summed E-state index contributed by atoms with van der Waals surface area (Å²) in [7, 11) is 0. The van der Waals surface area contributed by atoms with Crippen molar-refractivity contribution in [1.82, 2.24) is 0 Å². The van der Waals surface area contributed by atoms with Crippen molar-refractivity contribution in [3.05, 3.63) is 58.2 Å². The van der Waals surface area contributed by atoms with Crippen LogP contribution in [-0.4, -0.2) is 21.4 Å². The molecule has 0 atom stereocenters. The number of hydrogen-bond donors (Lipinski definition) is 0. The molecule has 172 valence electrons.